The molecule has 292 valence electrons. The lowest BCUT2D eigenvalue weighted by molar-refractivity contribution is -0.141. The lowest BCUT2D eigenvalue weighted by Crippen LogP contribution is -2.58. The molecule has 5 atom stereocenters. The predicted molar refractivity (Wildman–Crippen MR) is 199 cm³/mol. The quantitative estimate of drug-likeness (QED) is 0.177. The third kappa shape index (κ3) is 9.56. The van der Waals surface area contributed by atoms with E-state index >= 15 is 0 Å². The maximum Gasteiger partial charge on any atom is 0.408 e. The highest BCUT2D eigenvalue weighted by molar-refractivity contribution is 7.91. The number of benzene rings is 1. The zero-order chi connectivity index (χ0) is 39.6. The number of carbonyl (C=O) groups is 5. The number of likely N-dealkylation sites (tertiary alicyclic amines) is 1. The topological polar surface area (TPSA) is 199 Å². The number of fused-ring (bicyclic) bond motifs is 1. The van der Waals surface area contributed by atoms with Crippen molar-refractivity contribution in [2.24, 2.45) is 5.92 Å². The van der Waals surface area contributed by atoms with E-state index in [1.165, 1.54) is 17.1 Å². The average molecular weight is 768 g/mol. The Morgan fingerprint density at radius 3 is 2.46 bits per heavy atom. The smallest absolute Gasteiger partial charge is 0.408 e. The summed E-state index contributed by atoms with van der Waals surface area (Å²) in [4.78, 5) is 73.6. The Balaban J connectivity index is 1.45. The van der Waals surface area contributed by atoms with Gasteiger partial charge in [0.25, 0.3) is 5.91 Å². The number of rotatable bonds is 15. The van der Waals surface area contributed by atoms with Gasteiger partial charge in [0.2, 0.25) is 27.7 Å². The highest BCUT2D eigenvalue weighted by Gasteiger charge is 2.62. The van der Waals surface area contributed by atoms with Crippen LogP contribution in [0.1, 0.15) is 73.1 Å². The molecular weight excluding hydrogens is 719 g/mol. The van der Waals surface area contributed by atoms with E-state index in [-0.39, 0.29) is 43.9 Å². The van der Waals surface area contributed by atoms with E-state index in [4.69, 9.17) is 14.2 Å². The van der Waals surface area contributed by atoms with Gasteiger partial charge in [0.05, 0.1) is 18.9 Å². The van der Waals surface area contributed by atoms with Crippen molar-refractivity contribution in [2.75, 3.05) is 13.7 Å². The van der Waals surface area contributed by atoms with Crippen LogP contribution in [0.25, 0.3) is 10.8 Å². The summed E-state index contributed by atoms with van der Waals surface area (Å²) in [5.74, 6) is -2.24. The molecular formula is C38H49N5O10S. The third-order valence-corrected chi connectivity index (χ3v) is 11.2. The summed E-state index contributed by atoms with van der Waals surface area (Å²) in [5.41, 5.74) is -1.73. The molecule has 16 heteroatoms. The van der Waals surface area contributed by atoms with Crippen molar-refractivity contribution in [3.05, 3.63) is 54.8 Å². The molecule has 1 aromatic heterocycles. The van der Waals surface area contributed by atoms with E-state index in [1.807, 2.05) is 6.07 Å². The van der Waals surface area contributed by atoms with Crippen molar-refractivity contribution >= 4 is 50.4 Å². The molecule has 54 heavy (non-hydrogen) atoms. The van der Waals surface area contributed by atoms with Crippen LogP contribution in [0, 0.1) is 5.92 Å². The molecule has 1 aromatic carbocycles. The zero-order valence-electron chi connectivity index (χ0n) is 31.5. The highest BCUT2D eigenvalue weighted by Crippen LogP contribution is 2.45. The Morgan fingerprint density at radius 2 is 1.85 bits per heavy atom. The van der Waals surface area contributed by atoms with Gasteiger partial charge in [0, 0.05) is 30.3 Å². The van der Waals surface area contributed by atoms with Crippen LogP contribution < -0.4 is 24.8 Å². The van der Waals surface area contributed by atoms with Gasteiger partial charge in [0.15, 0.2) is 5.78 Å². The van der Waals surface area contributed by atoms with Gasteiger partial charge in [-0.15, -0.1) is 6.58 Å². The van der Waals surface area contributed by atoms with Crippen LogP contribution in [-0.2, 0) is 33.9 Å². The highest BCUT2D eigenvalue weighted by atomic mass is 32.2. The van der Waals surface area contributed by atoms with Crippen molar-refractivity contribution < 1.29 is 46.6 Å². The minimum absolute atomic E-state index is 0.0432. The van der Waals surface area contributed by atoms with Gasteiger partial charge >= 0.3 is 6.09 Å². The fourth-order valence-electron chi connectivity index (χ4n) is 6.49. The van der Waals surface area contributed by atoms with Crippen LogP contribution in [0.15, 0.2) is 54.8 Å². The van der Waals surface area contributed by atoms with Crippen molar-refractivity contribution in [1.82, 2.24) is 25.2 Å². The summed E-state index contributed by atoms with van der Waals surface area (Å²) >= 11 is 0. The number of allylic oxidation sites excluding steroid dienone is 2. The molecule has 3 fully saturated rings. The van der Waals surface area contributed by atoms with Crippen molar-refractivity contribution in [3.63, 3.8) is 0 Å². The number of ketones is 1. The van der Waals surface area contributed by atoms with Crippen LogP contribution >= 0.6 is 0 Å². The van der Waals surface area contributed by atoms with Crippen LogP contribution in [-0.4, -0.2) is 96.1 Å². The lowest BCUT2D eigenvalue weighted by Gasteiger charge is -2.30. The number of sulfonamides is 1. The number of hydrogen-bond acceptors (Lipinski definition) is 11. The Kier molecular flexibility index (Phi) is 11.7. The van der Waals surface area contributed by atoms with E-state index in [2.05, 4.69) is 26.9 Å². The Labute approximate surface area is 315 Å². The zero-order valence-corrected chi connectivity index (χ0v) is 32.3. The first-order chi connectivity index (χ1) is 25.4. The Morgan fingerprint density at radius 1 is 1.13 bits per heavy atom. The van der Waals surface area contributed by atoms with Gasteiger partial charge in [-0.3, -0.25) is 23.9 Å². The van der Waals surface area contributed by atoms with Crippen molar-refractivity contribution in [2.45, 2.75) is 108 Å². The Hall–Kier alpha value is -4.99. The molecule has 15 nitrogen and oxygen atoms in total. The molecule has 0 radical (unpaired) electrons. The second kappa shape index (κ2) is 15.8. The van der Waals surface area contributed by atoms with Crippen LogP contribution in [0.4, 0.5) is 4.79 Å². The maximum absolute atomic E-state index is 14.5. The molecule has 2 aliphatic carbocycles. The summed E-state index contributed by atoms with van der Waals surface area (Å²) in [5, 5.41) is 6.10. The molecule has 0 spiro atoms. The second-order valence-electron chi connectivity index (χ2n) is 15.3. The lowest BCUT2D eigenvalue weighted by atomic mass is 10.1. The normalized spacial score (nSPS) is 22.7. The largest absolute Gasteiger partial charge is 0.497 e. The number of amides is 4. The fourth-order valence-corrected chi connectivity index (χ4v) is 7.85. The first-order valence-corrected chi connectivity index (χ1v) is 19.5. The van der Waals surface area contributed by atoms with Gasteiger partial charge in [-0.05, 0) is 96.0 Å². The fraction of sp³-hybridized carbons (Fsp3) is 0.526. The van der Waals surface area contributed by atoms with Gasteiger partial charge < -0.3 is 29.7 Å². The molecule has 2 aromatic rings. The van der Waals surface area contributed by atoms with Gasteiger partial charge in [-0.1, -0.05) is 11.6 Å². The van der Waals surface area contributed by atoms with E-state index < -0.39 is 74.3 Å². The summed E-state index contributed by atoms with van der Waals surface area (Å²) < 4.78 is 44.6. The number of hydrogen-bond donors (Lipinski definition) is 3. The van der Waals surface area contributed by atoms with E-state index in [1.54, 1.807) is 66.1 Å². The number of aromatic nitrogens is 1. The minimum atomic E-state index is -3.93. The Bertz CT molecular complexity index is 1970. The van der Waals surface area contributed by atoms with E-state index in [9.17, 15) is 32.4 Å². The number of methoxy groups -OCH3 is 1. The van der Waals surface area contributed by atoms with Crippen LogP contribution in [0.3, 0.4) is 0 Å². The van der Waals surface area contributed by atoms with Crippen molar-refractivity contribution in [1.29, 1.82) is 0 Å². The van der Waals surface area contributed by atoms with Crippen LogP contribution in [0.2, 0.25) is 0 Å². The first kappa shape index (κ1) is 40.2. The molecule has 3 N–H and O–H groups in total. The number of nitrogens with one attached hydrogen (secondary N) is 3. The summed E-state index contributed by atoms with van der Waals surface area (Å²) in [6.07, 6.45) is 3.53. The van der Waals surface area contributed by atoms with Gasteiger partial charge in [-0.2, -0.15) is 0 Å². The minimum Gasteiger partial charge on any atom is -0.497 e. The first-order valence-electron chi connectivity index (χ1n) is 17.9. The number of alkyl carbamates (subject to hydrolysis) is 1. The molecule has 0 unspecified atom stereocenters. The molecule has 5 rings (SSSR count). The molecule has 1 aliphatic heterocycles. The standard InChI is InChI=1S/C38H49N5O10S/c1-8-24-20-38(24,35(47)42-54(49,50)28-11-12-28)41-32(45)31-19-27(52-33-29-13-10-26(51-7)18-23(29)15-16-39-33)21-43(31)34(46)30(14-9-25(44)17-22(2)3)40-36(48)53-37(4,5)6/h8,10,13,15-18,24,27-28,30-31H,1,9,11-12,14,19-21H2,2-7H3,(H,40,48)(H,41,45)(H,42,47)/t24-,27-,30-,31+,38-/m1/s1. The number of nitrogens with zero attached hydrogens (tertiary/aromatic N) is 2. The number of ether oxygens (including phenoxy) is 3. The van der Waals surface area contributed by atoms with Gasteiger partial charge in [-0.25, -0.2) is 18.2 Å². The molecule has 2 saturated carbocycles. The summed E-state index contributed by atoms with van der Waals surface area (Å²) in [7, 11) is -2.38. The second-order valence-corrected chi connectivity index (χ2v) is 17.3. The molecule has 4 amide bonds. The number of pyridine rings is 1. The molecule has 0 bridgehead atoms. The van der Waals surface area contributed by atoms with E-state index in [0.29, 0.717) is 24.0 Å². The van der Waals surface area contributed by atoms with Gasteiger partial charge in [0.1, 0.15) is 35.1 Å². The molecule has 3 aliphatic rings. The summed E-state index contributed by atoms with van der Waals surface area (Å²) in [6, 6.07) is 4.62. The van der Waals surface area contributed by atoms with Crippen LogP contribution in [0.5, 0.6) is 11.6 Å². The predicted octanol–water partition coefficient (Wildman–Crippen LogP) is 3.47. The van der Waals surface area contributed by atoms with Crippen molar-refractivity contribution in [3.8, 4) is 11.6 Å². The summed E-state index contributed by atoms with van der Waals surface area (Å²) in [6.45, 7) is 12.1. The van der Waals surface area contributed by atoms with E-state index in [0.717, 1.165) is 11.0 Å². The SMILES string of the molecule is C=C[C@@H]1C[C@]1(NC(=O)[C@@H]1C[C@@H](Oc2nccc3cc(OC)ccc23)CN1C(=O)[C@@H](CCC(=O)C=C(C)C)NC(=O)OC(C)(C)C)C(=O)NS(=O)(=O)C1CC1. The maximum atomic E-state index is 14.5. The monoisotopic (exact) mass is 767 g/mol. The number of carbonyl (C=O) groups excluding carboxylic acids is 5. The average Bonchev–Trinajstić information content (AvgIpc) is 4.02. The molecule has 2 heterocycles. The third-order valence-electron chi connectivity index (χ3n) is 9.43. The molecule has 1 saturated heterocycles.